The zero-order valence-electron chi connectivity index (χ0n) is 15.7. The van der Waals surface area contributed by atoms with Crippen molar-refractivity contribution in [2.75, 3.05) is 11.1 Å². The van der Waals surface area contributed by atoms with Crippen molar-refractivity contribution in [1.29, 1.82) is 0 Å². The number of hydrogen-bond donors (Lipinski definition) is 3. The number of hydrogen-bond acceptors (Lipinski definition) is 7. The first-order valence-corrected chi connectivity index (χ1v) is 10.8. The number of aromatic nitrogens is 3. The Balaban J connectivity index is 1.74. The van der Waals surface area contributed by atoms with Crippen molar-refractivity contribution in [3.05, 3.63) is 52.6 Å². The Morgan fingerprint density at radius 1 is 1.31 bits per heavy atom. The SMILES string of the molecule is Cn1cnc2cc(-c3ccc(C(O)CS(N)(=O)=O)cc3)nc(NC3CC3)c2c1=O. The van der Waals surface area contributed by atoms with Gasteiger partial charge in [0, 0.05) is 18.7 Å². The van der Waals surface area contributed by atoms with E-state index in [4.69, 9.17) is 5.14 Å². The third-order valence-electron chi connectivity index (χ3n) is 4.80. The first kappa shape index (κ1) is 19.5. The van der Waals surface area contributed by atoms with E-state index in [9.17, 15) is 18.3 Å². The number of sulfonamides is 1. The third kappa shape index (κ3) is 4.29. The normalized spacial score (nSPS) is 15.4. The molecule has 0 spiro atoms. The molecule has 1 fully saturated rings. The predicted octanol–water partition coefficient (Wildman–Crippen LogP) is 0.892. The maximum Gasteiger partial charge on any atom is 0.264 e. The van der Waals surface area contributed by atoms with Gasteiger partial charge in [-0.1, -0.05) is 24.3 Å². The first-order valence-electron chi connectivity index (χ1n) is 9.13. The Morgan fingerprint density at radius 2 is 2.00 bits per heavy atom. The highest BCUT2D eigenvalue weighted by Crippen LogP contribution is 2.30. The Labute approximate surface area is 167 Å². The summed E-state index contributed by atoms with van der Waals surface area (Å²) >= 11 is 0. The number of nitrogens with one attached hydrogen (secondary N) is 1. The van der Waals surface area contributed by atoms with E-state index in [2.05, 4.69) is 15.3 Å². The van der Waals surface area contributed by atoms with E-state index < -0.39 is 21.9 Å². The molecule has 2 heterocycles. The first-order chi connectivity index (χ1) is 13.7. The minimum atomic E-state index is -3.79. The maximum atomic E-state index is 12.6. The van der Waals surface area contributed by atoms with Crippen LogP contribution in [0.5, 0.6) is 0 Å². The molecule has 0 saturated heterocycles. The predicted molar refractivity (Wildman–Crippen MR) is 110 cm³/mol. The number of primary sulfonamides is 1. The highest BCUT2D eigenvalue weighted by atomic mass is 32.2. The van der Waals surface area contributed by atoms with Crippen molar-refractivity contribution >= 4 is 26.7 Å². The number of anilines is 1. The Morgan fingerprint density at radius 3 is 2.62 bits per heavy atom. The average Bonchev–Trinajstić information content (AvgIpc) is 3.47. The molecule has 3 aromatic rings. The number of pyridine rings is 1. The van der Waals surface area contributed by atoms with Crippen molar-refractivity contribution < 1.29 is 13.5 Å². The molecule has 4 rings (SSSR count). The summed E-state index contributed by atoms with van der Waals surface area (Å²) in [7, 11) is -2.14. The molecule has 1 unspecified atom stereocenters. The van der Waals surface area contributed by atoms with Crippen molar-refractivity contribution in [2.45, 2.75) is 25.0 Å². The minimum absolute atomic E-state index is 0.168. The van der Waals surface area contributed by atoms with E-state index in [1.165, 1.54) is 10.9 Å². The number of aliphatic hydroxyl groups is 1. The van der Waals surface area contributed by atoms with Crippen LogP contribution in [-0.4, -0.2) is 39.9 Å². The van der Waals surface area contributed by atoms with Crippen LogP contribution in [0.3, 0.4) is 0 Å². The summed E-state index contributed by atoms with van der Waals surface area (Å²) in [5.74, 6) is -0.0458. The molecular weight excluding hydrogens is 394 g/mol. The Kier molecular flexibility index (Phi) is 4.85. The van der Waals surface area contributed by atoms with E-state index in [0.717, 1.165) is 18.4 Å². The third-order valence-corrected chi connectivity index (χ3v) is 5.58. The lowest BCUT2D eigenvalue weighted by atomic mass is 10.0. The minimum Gasteiger partial charge on any atom is -0.387 e. The lowest BCUT2D eigenvalue weighted by Crippen LogP contribution is -2.21. The van der Waals surface area contributed by atoms with Gasteiger partial charge in [-0.3, -0.25) is 4.79 Å². The fourth-order valence-corrected chi connectivity index (χ4v) is 3.72. The molecule has 1 atom stereocenters. The van der Waals surface area contributed by atoms with Crippen molar-refractivity contribution in [2.24, 2.45) is 12.2 Å². The fraction of sp³-hybridized carbons (Fsp3) is 0.316. The average molecular weight is 415 g/mol. The van der Waals surface area contributed by atoms with Gasteiger partial charge in [-0.05, 0) is 24.5 Å². The van der Waals surface area contributed by atoms with Crippen LogP contribution in [0.25, 0.3) is 22.2 Å². The van der Waals surface area contributed by atoms with Crippen molar-refractivity contribution in [3.63, 3.8) is 0 Å². The smallest absolute Gasteiger partial charge is 0.264 e. The number of aliphatic hydroxyl groups excluding tert-OH is 1. The summed E-state index contributed by atoms with van der Waals surface area (Å²) in [5.41, 5.74) is 2.18. The standard InChI is InChI=1S/C19H21N5O4S/c1-24-10-21-15-8-14(23-18(17(15)19(24)26)22-13-6-7-13)11-2-4-12(5-3-11)16(25)9-29(20,27)28/h2-5,8,10,13,16,25H,6-7,9H2,1H3,(H,22,23)(H2,20,27,28). The molecule has 10 heteroatoms. The van der Waals surface area contributed by atoms with Gasteiger partial charge in [0.05, 0.1) is 29.4 Å². The van der Waals surface area contributed by atoms with Crippen LogP contribution >= 0.6 is 0 Å². The number of aryl methyl sites for hydroxylation is 1. The molecule has 0 bridgehead atoms. The molecule has 0 radical (unpaired) electrons. The zero-order valence-corrected chi connectivity index (χ0v) is 16.6. The fourth-order valence-electron chi connectivity index (χ4n) is 3.09. The van der Waals surface area contributed by atoms with E-state index in [0.29, 0.717) is 34.0 Å². The van der Waals surface area contributed by atoms with E-state index in [-0.39, 0.29) is 5.56 Å². The Bertz CT molecular complexity index is 1230. The molecule has 0 aliphatic heterocycles. The van der Waals surface area contributed by atoms with Crippen molar-refractivity contribution in [1.82, 2.24) is 14.5 Å². The maximum absolute atomic E-state index is 12.6. The van der Waals surface area contributed by atoms with Crippen LogP contribution in [0.4, 0.5) is 5.82 Å². The van der Waals surface area contributed by atoms with Crippen LogP contribution in [0.1, 0.15) is 24.5 Å². The van der Waals surface area contributed by atoms with E-state index in [1.807, 2.05) is 0 Å². The quantitative estimate of drug-likeness (QED) is 0.543. The summed E-state index contributed by atoms with van der Waals surface area (Å²) in [6.45, 7) is 0. The van der Waals surface area contributed by atoms with Gasteiger partial charge < -0.3 is 15.0 Å². The highest BCUT2D eigenvalue weighted by Gasteiger charge is 2.24. The number of rotatable bonds is 6. The molecule has 9 nitrogen and oxygen atoms in total. The summed E-state index contributed by atoms with van der Waals surface area (Å²) in [6.07, 6.45) is 2.33. The number of fused-ring (bicyclic) bond motifs is 1. The zero-order chi connectivity index (χ0) is 20.8. The molecule has 1 aromatic carbocycles. The van der Waals surface area contributed by atoms with Gasteiger partial charge in [0.1, 0.15) is 11.2 Å². The molecule has 0 amide bonds. The second-order valence-electron chi connectivity index (χ2n) is 7.30. The van der Waals surface area contributed by atoms with Gasteiger partial charge in [-0.25, -0.2) is 23.5 Å². The molecule has 2 aromatic heterocycles. The number of benzene rings is 1. The van der Waals surface area contributed by atoms with Gasteiger partial charge in [-0.15, -0.1) is 0 Å². The van der Waals surface area contributed by atoms with Crippen molar-refractivity contribution in [3.8, 4) is 11.3 Å². The van der Waals surface area contributed by atoms with Gasteiger partial charge in [0.2, 0.25) is 10.0 Å². The Hall–Kier alpha value is -2.82. The van der Waals surface area contributed by atoms with Gasteiger partial charge in [0.15, 0.2) is 0 Å². The largest absolute Gasteiger partial charge is 0.387 e. The molecule has 29 heavy (non-hydrogen) atoms. The molecule has 1 aliphatic rings. The van der Waals surface area contributed by atoms with Gasteiger partial charge >= 0.3 is 0 Å². The second kappa shape index (κ2) is 7.21. The summed E-state index contributed by atoms with van der Waals surface area (Å²) in [5, 5.41) is 18.8. The van der Waals surface area contributed by atoms with Crippen LogP contribution in [0.15, 0.2) is 41.5 Å². The van der Waals surface area contributed by atoms with Crippen LogP contribution in [-0.2, 0) is 17.1 Å². The van der Waals surface area contributed by atoms with Gasteiger partial charge in [0.25, 0.3) is 5.56 Å². The molecule has 1 saturated carbocycles. The molecule has 1 aliphatic carbocycles. The summed E-state index contributed by atoms with van der Waals surface area (Å²) in [4.78, 5) is 21.6. The monoisotopic (exact) mass is 415 g/mol. The lowest BCUT2D eigenvalue weighted by molar-refractivity contribution is 0.201. The number of nitrogens with two attached hydrogens (primary N) is 1. The number of nitrogens with zero attached hydrogens (tertiary/aromatic N) is 3. The molecule has 152 valence electrons. The van der Waals surface area contributed by atoms with E-state index >= 15 is 0 Å². The molecular formula is C19H21N5O4S. The second-order valence-corrected chi connectivity index (χ2v) is 8.96. The van der Waals surface area contributed by atoms with Gasteiger partial charge in [-0.2, -0.15) is 0 Å². The highest BCUT2D eigenvalue weighted by molar-refractivity contribution is 7.89. The van der Waals surface area contributed by atoms with Crippen LogP contribution < -0.4 is 16.0 Å². The van der Waals surface area contributed by atoms with Crippen LogP contribution in [0.2, 0.25) is 0 Å². The summed E-state index contributed by atoms with van der Waals surface area (Å²) < 4.78 is 23.8. The van der Waals surface area contributed by atoms with Crippen LogP contribution in [0, 0.1) is 0 Å². The molecule has 4 N–H and O–H groups in total. The summed E-state index contributed by atoms with van der Waals surface area (Å²) in [6, 6.07) is 8.77. The van der Waals surface area contributed by atoms with E-state index in [1.54, 1.807) is 37.4 Å². The lowest BCUT2D eigenvalue weighted by Gasteiger charge is -2.13. The topological polar surface area (TPSA) is 140 Å².